The lowest BCUT2D eigenvalue weighted by molar-refractivity contribution is 0.0696. The Morgan fingerprint density at radius 2 is 1.95 bits per heavy atom. The van der Waals surface area contributed by atoms with Crippen LogP contribution < -0.4 is 5.32 Å². The number of benzene rings is 1. The molecule has 112 valence electrons. The van der Waals surface area contributed by atoms with E-state index in [-0.39, 0.29) is 11.6 Å². The van der Waals surface area contributed by atoms with Gasteiger partial charge in [-0.1, -0.05) is 11.6 Å². The number of amides is 2. The lowest BCUT2D eigenvalue weighted by Gasteiger charge is -2.26. The second kappa shape index (κ2) is 5.99. The molecule has 0 saturated heterocycles. The molecule has 1 aliphatic heterocycles. The predicted molar refractivity (Wildman–Crippen MR) is 81.8 cm³/mol. The molecule has 0 atom stereocenters. The van der Waals surface area contributed by atoms with E-state index in [4.69, 9.17) is 0 Å². The smallest absolute Gasteiger partial charge is 0.336 e. The molecule has 0 spiro atoms. The highest BCUT2D eigenvalue weighted by Crippen LogP contribution is 2.21. The third-order valence-corrected chi connectivity index (χ3v) is 3.87. The number of anilines is 1. The van der Waals surface area contributed by atoms with Crippen molar-refractivity contribution in [3.05, 3.63) is 40.5 Å². The fourth-order valence-corrected chi connectivity index (χ4v) is 2.31. The van der Waals surface area contributed by atoms with Gasteiger partial charge in [0.15, 0.2) is 0 Å². The average Bonchev–Trinajstić information content (AvgIpc) is 2.43. The van der Waals surface area contributed by atoms with Crippen LogP contribution in [0.3, 0.4) is 0 Å². The Morgan fingerprint density at radius 1 is 1.24 bits per heavy atom. The minimum absolute atomic E-state index is 0.196. The van der Waals surface area contributed by atoms with Crippen molar-refractivity contribution in [3.63, 3.8) is 0 Å². The first kappa shape index (κ1) is 15.1. The average molecular weight is 288 g/mol. The summed E-state index contributed by atoms with van der Waals surface area (Å²) in [6, 6.07) is 3.11. The fraction of sp³-hybridized carbons (Fsp3) is 0.375. The molecule has 0 bridgehead atoms. The van der Waals surface area contributed by atoms with E-state index in [1.807, 2.05) is 13.0 Å². The SMILES string of the molecule is CC1=CCN(C(=O)Nc2cc(C)c(C)c(C(=O)O)c2)CC1. The summed E-state index contributed by atoms with van der Waals surface area (Å²) >= 11 is 0. The fourth-order valence-electron chi connectivity index (χ4n) is 2.31. The number of nitrogens with one attached hydrogen (secondary N) is 1. The summed E-state index contributed by atoms with van der Waals surface area (Å²) in [5, 5.41) is 12.0. The molecular weight excluding hydrogens is 268 g/mol. The van der Waals surface area contributed by atoms with Crippen molar-refractivity contribution in [2.75, 3.05) is 18.4 Å². The van der Waals surface area contributed by atoms with Crippen LogP contribution in [0.5, 0.6) is 0 Å². The van der Waals surface area contributed by atoms with Gasteiger partial charge in [0.1, 0.15) is 0 Å². The molecule has 1 aromatic rings. The molecule has 0 saturated carbocycles. The van der Waals surface area contributed by atoms with Gasteiger partial charge in [-0.25, -0.2) is 9.59 Å². The molecule has 2 N–H and O–H groups in total. The number of nitrogens with zero attached hydrogens (tertiary/aromatic N) is 1. The van der Waals surface area contributed by atoms with Gasteiger partial charge >= 0.3 is 12.0 Å². The minimum atomic E-state index is -0.983. The first-order chi connectivity index (χ1) is 9.88. The zero-order chi connectivity index (χ0) is 15.6. The number of carboxylic acids is 1. The van der Waals surface area contributed by atoms with Crippen molar-refractivity contribution in [3.8, 4) is 0 Å². The van der Waals surface area contributed by atoms with Crippen molar-refractivity contribution in [2.45, 2.75) is 27.2 Å². The molecule has 0 fully saturated rings. The number of carbonyl (C=O) groups excluding carboxylic acids is 1. The lowest BCUT2D eigenvalue weighted by atomic mass is 10.0. The standard InChI is InChI=1S/C16H20N2O3/c1-10-4-6-18(7-5-10)16(21)17-13-8-11(2)12(3)14(9-13)15(19)20/h4,8-9H,5-7H2,1-3H3,(H,17,21)(H,19,20). The topological polar surface area (TPSA) is 69.6 Å². The quantitative estimate of drug-likeness (QED) is 0.821. The molecular formula is C16H20N2O3. The van der Waals surface area contributed by atoms with Crippen LogP contribution in [0.1, 0.15) is 34.8 Å². The number of aromatic carboxylic acids is 1. The second-order valence-corrected chi connectivity index (χ2v) is 5.45. The van der Waals surface area contributed by atoms with Crippen molar-refractivity contribution in [2.24, 2.45) is 0 Å². The molecule has 5 heteroatoms. The summed E-state index contributed by atoms with van der Waals surface area (Å²) in [5.74, 6) is -0.983. The summed E-state index contributed by atoms with van der Waals surface area (Å²) in [4.78, 5) is 25.1. The zero-order valence-corrected chi connectivity index (χ0v) is 12.6. The predicted octanol–water partition coefficient (Wildman–Crippen LogP) is 3.19. The van der Waals surface area contributed by atoms with Crippen molar-refractivity contribution >= 4 is 17.7 Å². The van der Waals surface area contributed by atoms with Crippen molar-refractivity contribution in [1.29, 1.82) is 0 Å². The monoisotopic (exact) mass is 288 g/mol. The van der Waals surface area contributed by atoms with E-state index in [1.165, 1.54) is 11.6 Å². The molecule has 0 unspecified atom stereocenters. The van der Waals surface area contributed by atoms with Crippen LogP contribution in [0.2, 0.25) is 0 Å². The Kier molecular flexibility index (Phi) is 4.31. The maximum atomic E-state index is 12.2. The second-order valence-electron chi connectivity index (χ2n) is 5.45. The number of carbonyl (C=O) groups is 2. The van der Waals surface area contributed by atoms with Gasteiger partial charge in [-0.05, 0) is 50.5 Å². The van der Waals surface area contributed by atoms with Gasteiger partial charge in [0.2, 0.25) is 0 Å². The summed E-state index contributed by atoms with van der Waals surface area (Å²) in [6.07, 6.45) is 2.91. The summed E-state index contributed by atoms with van der Waals surface area (Å²) < 4.78 is 0. The minimum Gasteiger partial charge on any atom is -0.478 e. The molecule has 0 aromatic heterocycles. The van der Waals surface area contributed by atoms with E-state index < -0.39 is 5.97 Å². The normalized spacial score (nSPS) is 14.6. The Hall–Kier alpha value is -2.30. The Morgan fingerprint density at radius 3 is 2.52 bits per heavy atom. The molecule has 21 heavy (non-hydrogen) atoms. The van der Waals surface area contributed by atoms with Gasteiger partial charge in [-0.15, -0.1) is 0 Å². The molecule has 1 heterocycles. The lowest BCUT2D eigenvalue weighted by Crippen LogP contribution is -2.37. The van der Waals surface area contributed by atoms with Crippen molar-refractivity contribution in [1.82, 2.24) is 4.90 Å². The van der Waals surface area contributed by atoms with E-state index in [0.717, 1.165) is 17.5 Å². The van der Waals surface area contributed by atoms with Crippen LogP contribution in [0.4, 0.5) is 10.5 Å². The third kappa shape index (κ3) is 3.42. The largest absolute Gasteiger partial charge is 0.478 e. The zero-order valence-electron chi connectivity index (χ0n) is 12.6. The van der Waals surface area contributed by atoms with Gasteiger partial charge in [-0.2, -0.15) is 0 Å². The highest BCUT2D eigenvalue weighted by atomic mass is 16.4. The highest BCUT2D eigenvalue weighted by molar-refractivity contribution is 5.94. The summed E-state index contributed by atoms with van der Waals surface area (Å²) in [6.45, 7) is 6.93. The summed E-state index contributed by atoms with van der Waals surface area (Å²) in [5.41, 5.74) is 3.60. The van der Waals surface area contributed by atoms with Gasteiger partial charge in [0.25, 0.3) is 0 Å². The molecule has 2 amide bonds. The number of hydrogen-bond acceptors (Lipinski definition) is 2. The summed E-state index contributed by atoms with van der Waals surface area (Å²) in [7, 11) is 0. The molecule has 1 aliphatic rings. The molecule has 0 radical (unpaired) electrons. The van der Waals surface area contributed by atoms with Gasteiger partial charge in [0.05, 0.1) is 5.56 Å². The van der Waals surface area contributed by atoms with Crippen LogP contribution in [-0.4, -0.2) is 35.1 Å². The Labute approximate surface area is 124 Å². The van der Waals surface area contributed by atoms with Crippen LogP contribution in [-0.2, 0) is 0 Å². The van der Waals surface area contributed by atoms with Crippen LogP contribution in [0, 0.1) is 13.8 Å². The number of hydrogen-bond donors (Lipinski definition) is 2. The van der Waals surface area contributed by atoms with Crippen LogP contribution in [0.25, 0.3) is 0 Å². The van der Waals surface area contributed by atoms with Crippen LogP contribution >= 0.6 is 0 Å². The van der Waals surface area contributed by atoms with Gasteiger partial charge in [-0.3, -0.25) is 0 Å². The van der Waals surface area contributed by atoms with E-state index in [2.05, 4.69) is 12.2 Å². The van der Waals surface area contributed by atoms with Gasteiger partial charge < -0.3 is 15.3 Å². The maximum absolute atomic E-state index is 12.2. The Balaban J connectivity index is 2.16. The molecule has 0 aliphatic carbocycles. The highest BCUT2D eigenvalue weighted by Gasteiger charge is 2.17. The first-order valence-corrected chi connectivity index (χ1v) is 6.94. The van der Waals surface area contributed by atoms with Crippen LogP contribution in [0.15, 0.2) is 23.8 Å². The Bertz CT molecular complexity index is 620. The number of aryl methyl sites for hydroxylation is 1. The van der Waals surface area contributed by atoms with E-state index in [9.17, 15) is 14.7 Å². The number of rotatable bonds is 2. The molecule has 5 nitrogen and oxygen atoms in total. The van der Waals surface area contributed by atoms with E-state index >= 15 is 0 Å². The third-order valence-electron chi connectivity index (χ3n) is 3.87. The number of carboxylic acid groups (broad SMARTS) is 1. The molecule has 2 rings (SSSR count). The molecule has 1 aromatic carbocycles. The number of urea groups is 1. The van der Waals surface area contributed by atoms with Gasteiger partial charge in [0, 0.05) is 18.8 Å². The van der Waals surface area contributed by atoms with Crippen molar-refractivity contribution < 1.29 is 14.7 Å². The maximum Gasteiger partial charge on any atom is 0.336 e. The first-order valence-electron chi connectivity index (χ1n) is 6.94. The van der Waals surface area contributed by atoms with E-state index in [1.54, 1.807) is 17.9 Å². The van der Waals surface area contributed by atoms with E-state index in [0.29, 0.717) is 18.8 Å².